The molecule has 1 aromatic rings. The van der Waals surface area contributed by atoms with E-state index in [1.54, 1.807) is 32.5 Å². The minimum absolute atomic E-state index is 0.234. The average Bonchev–Trinajstić information content (AvgIpc) is 2.64. The van der Waals surface area contributed by atoms with Gasteiger partial charge in [0.15, 0.2) is 0 Å². The van der Waals surface area contributed by atoms with Crippen molar-refractivity contribution in [3.8, 4) is 0 Å². The van der Waals surface area contributed by atoms with Gasteiger partial charge < -0.3 is 20.5 Å². The number of rotatable bonds is 11. The lowest BCUT2D eigenvalue weighted by Gasteiger charge is -2.21. The minimum Gasteiger partial charge on any atom is -0.480 e. The molecule has 0 heterocycles. The average molecular weight is 411 g/mol. The summed E-state index contributed by atoms with van der Waals surface area (Å²) < 4.78 is 5.12. The topological polar surface area (TPSA) is 105 Å². The number of nitrogens with one attached hydrogen (secondary N) is 2. The molecule has 2 amide bonds. The van der Waals surface area contributed by atoms with Gasteiger partial charge in [0.05, 0.1) is 0 Å². The summed E-state index contributed by atoms with van der Waals surface area (Å²) in [7, 11) is 0. The summed E-state index contributed by atoms with van der Waals surface area (Å²) in [5.74, 6) is 0.0855. The van der Waals surface area contributed by atoms with Gasteiger partial charge in [-0.15, -0.1) is 0 Å². The van der Waals surface area contributed by atoms with E-state index in [4.69, 9.17) is 4.74 Å². The molecule has 1 rings (SSSR count). The maximum absolute atomic E-state index is 11.9. The van der Waals surface area contributed by atoms with E-state index in [1.807, 2.05) is 30.3 Å². The van der Waals surface area contributed by atoms with E-state index < -0.39 is 23.5 Å². The van der Waals surface area contributed by atoms with Crippen LogP contribution in [0.1, 0.15) is 39.2 Å². The Kier molecular flexibility index (Phi) is 10.4. The first-order valence-electron chi connectivity index (χ1n) is 9.26. The van der Waals surface area contributed by atoms with Gasteiger partial charge in [0.25, 0.3) is 0 Å². The molecule has 0 aliphatic heterocycles. The predicted molar refractivity (Wildman–Crippen MR) is 110 cm³/mol. The molecule has 0 aliphatic rings. The van der Waals surface area contributed by atoms with Crippen molar-refractivity contribution >= 4 is 29.7 Å². The van der Waals surface area contributed by atoms with Crippen molar-refractivity contribution in [3.05, 3.63) is 35.9 Å². The van der Waals surface area contributed by atoms with Crippen LogP contribution in [-0.2, 0) is 20.9 Å². The van der Waals surface area contributed by atoms with Crippen LogP contribution in [0.15, 0.2) is 30.3 Å². The minimum atomic E-state index is -1.03. The number of carbonyl (C=O) groups is 3. The van der Waals surface area contributed by atoms with E-state index in [9.17, 15) is 19.5 Å². The molecule has 7 nitrogen and oxygen atoms in total. The lowest BCUT2D eigenvalue weighted by atomic mass is 9.95. The van der Waals surface area contributed by atoms with Gasteiger partial charge in [-0.25, -0.2) is 9.59 Å². The van der Waals surface area contributed by atoms with E-state index in [1.165, 1.54) is 0 Å². The SMILES string of the molecule is CC(C)(C)C(=O)N[C@@H](CCSCCCNC(=O)OCc1ccccc1)C(=O)O. The van der Waals surface area contributed by atoms with Crippen molar-refractivity contribution in [2.24, 2.45) is 5.41 Å². The fourth-order valence-corrected chi connectivity index (χ4v) is 3.03. The van der Waals surface area contributed by atoms with Crippen molar-refractivity contribution in [2.45, 2.75) is 46.3 Å². The molecule has 1 atom stereocenters. The van der Waals surface area contributed by atoms with Crippen molar-refractivity contribution < 1.29 is 24.2 Å². The van der Waals surface area contributed by atoms with Crippen molar-refractivity contribution in [1.29, 1.82) is 0 Å². The molecular formula is C20H30N2O5S. The highest BCUT2D eigenvalue weighted by molar-refractivity contribution is 7.99. The molecule has 0 unspecified atom stereocenters. The summed E-state index contributed by atoms with van der Waals surface area (Å²) in [6.07, 6.45) is 0.649. The third-order valence-electron chi connectivity index (χ3n) is 3.78. The fourth-order valence-electron chi connectivity index (χ4n) is 2.07. The van der Waals surface area contributed by atoms with Crippen LogP contribution in [-0.4, -0.2) is 47.2 Å². The first-order valence-corrected chi connectivity index (χ1v) is 10.4. The zero-order valence-electron chi connectivity index (χ0n) is 16.7. The van der Waals surface area contributed by atoms with Crippen LogP contribution in [0.3, 0.4) is 0 Å². The number of carboxylic acid groups (broad SMARTS) is 1. The fraction of sp³-hybridized carbons (Fsp3) is 0.550. The number of alkyl carbamates (subject to hydrolysis) is 1. The normalized spacial score (nSPS) is 12.1. The molecule has 0 spiro atoms. The molecule has 0 fully saturated rings. The van der Waals surface area contributed by atoms with Gasteiger partial charge in [0.1, 0.15) is 12.6 Å². The highest BCUT2D eigenvalue weighted by Gasteiger charge is 2.26. The summed E-state index contributed by atoms with van der Waals surface area (Å²) in [6.45, 7) is 5.96. The molecule has 0 saturated carbocycles. The van der Waals surface area contributed by atoms with Crippen LogP contribution in [0.25, 0.3) is 0 Å². The lowest BCUT2D eigenvalue weighted by Crippen LogP contribution is -2.46. The summed E-state index contributed by atoms with van der Waals surface area (Å²) in [5, 5.41) is 14.5. The number of benzene rings is 1. The maximum atomic E-state index is 11.9. The Bertz CT molecular complexity index is 631. The molecule has 8 heteroatoms. The molecule has 156 valence electrons. The lowest BCUT2D eigenvalue weighted by molar-refractivity contribution is -0.143. The van der Waals surface area contributed by atoms with Gasteiger partial charge in [0, 0.05) is 12.0 Å². The zero-order valence-corrected chi connectivity index (χ0v) is 17.5. The number of ether oxygens (including phenoxy) is 1. The molecule has 0 radical (unpaired) electrons. The largest absolute Gasteiger partial charge is 0.480 e. The van der Waals surface area contributed by atoms with Crippen LogP contribution < -0.4 is 10.6 Å². The Hall–Kier alpha value is -2.22. The van der Waals surface area contributed by atoms with Crippen molar-refractivity contribution in [1.82, 2.24) is 10.6 Å². The number of hydrogen-bond acceptors (Lipinski definition) is 5. The molecule has 3 N–H and O–H groups in total. The molecule has 1 aromatic carbocycles. The highest BCUT2D eigenvalue weighted by Crippen LogP contribution is 2.14. The van der Waals surface area contributed by atoms with Gasteiger partial charge in [-0.1, -0.05) is 51.1 Å². The van der Waals surface area contributed by atoms with E-state index in [0.29, 0.717) is 18.7 Å². The molecular weight excluding hydrogens is 380 g/mol. The molecule has 0 bridgehead atoms. The first kappa shape index (κ1) is 23.8. The quantitative estimate of drug-likeness (QED) is 0.484. The van der Waals surface area contributed by atoms with Gasteiger partial charge in [-0.2, -0.15) is 11.8 Å². The monoisotopic (exact) mass is 410 g/mol. The second-order valence-corrected chi connectivity index (χ2v) is 8.58. The van der Waals surface area contributed by atoms with E-state index in [-0.39, 0.29) is 12.5 Å². The third-order valence-corrected chi connectivity index (χ3v) is 4.88. The van der Waals surface area contributed by atoms with Crippen molar-refractivity contribution in [3.63, 3.8) is 0 Å². The van der Waals surface area contributed by atoms with Crippen LogP contribution in [0.5, 0.6) is 0 Å². The van der Waals surface area contributed by atoms with Gasteiger partial charge in [-0.05, 0) is 29.9 Å². The zero-order chi connectivity index (χ0) is 21.0. The highest BCUT2D eigenvalue weighted by atomic mass is 32.2. The second kappa shape index (κ2) is 12.3. The van der Waals surface area contributed by atoms with Gasteiger partial charge in [-0.3, -0.25) is 4.79 Å². The second-order valence-electron chi connectivity index (χ2n) is 7.36. The number of carboxylic acids is 1. The summed E-state index contributed by atoms with van der Waals surface area (Å²) in [4.78, 5) is 34.8. The first-order chi connectivity index (χ1) is 13.2. The number of thioether (sulfide) groups is 1. The standard InChI is InChI=1S/C20H30N2O5S/c1-20(2,3)18(25)22-16(17(23)24)10-13-28-12-7-11-21-19(26)27-14-15-8-5-4-6-9-15/h4-6,8-9,16H,7,10-14H2,1-3H3,(H,21,26)(H,22,25)(H,23,24)/t16-/m0/s1. The Balaban J connectivity index is 2.11. The molecule has 0 saturated heterocycles. The Morgan fingerprint density at radius 1 is 1.14 bits per heavy atom. The van der Waals surface area contributed by atoms with Crippen LogP contribution in [0.2, 0.25) is 0 Å². The molecule has 28 heavy (non-hydrogen) atoms. The number of carbonyl (C=O) groups excluding carboxylic acids is 2. The predicted octanol–water partition coefficient (Wildman–Crippen LogP) is 3.04. The molecule has 0 aromatic heterocycles. The maximum Gasteiger partial charge on any atom is 0.407 e. The molecule has 0 aliphatic carbocycles. The number of amides is 2. The summed E-state index contributed by atoms with van der Waals surface area (Å²) in [5.41, 5.74) is 0.307. The van der Waals surface area contributed by atoms with Crippen LogP contribution in [0.4, 0.5) is 4.79 Å². The smallest absolute Gasteiger partial charge is 0.407 e. The van der Waals surface area contributed by atoms with E-state index in [0.717, 1.165) is 17.7 Å². The Morgan fingerprint density at radius 2 is 1.82 bits per heavy atom. The van der Waals surface area contributed by atoms with Crippen molar-refractivity contribution in [2.75, 3.05) is 18.1 Å². The van der Waals surface area contributed by atoms with Gasteiger partial charge >= 0.3 is 12.1 Å². The van der Waals surface area contributed by atoms with Crippen LogP contribution in [0, 0.1) is 5.41 Å². The number of hydrogen-bond donors (Lipinski definition) is 3. The Labute approximate surface area is 170 Å². The summed E-state index contributed by atoms with van der Waals surface area (Å²) >= 11 is 1.59. The summed E-state index contributed by atoms with van der Waals surface area (Å²) in [6, 6.07) is 8.56. The van der Waals surface area contributed by atoms with E-state index >= 15 is 0 Å². The third kappa shape index (κ3) is 10.2. The van der Waals surface area contributed by atoms with Gasteiger partial charge in [0.2, 0.25) is 5.91 Å². The Morgan fingerprint density at radius 3 is 2.43 bits per heavy atom. The number of aliphatic carboxylic acids is 1. The van der Waals surface area contributed by atoms with Crippen LogP contribution >= 0.6 is 11.8 Å². The van der Waals surface area contributed by atoms with E-state index in [2.05, 4.69) is 10.6 Å².